The molecule has 1 saturated heterocycles. The van der Waals surface area contributed by atoms with Crippen LogP contribution in [-0.4, -0.2) is 36.6 Å². The van der Waals surface area contributed by atoms with Crippen molar-refractivity contribution in [3.63, 3.8) is 0 Å². The third-order valence-corrected chi connectivity index (χ3v) is 3.98. The van der Waals surface area contributed by atoms with Gasteiger partial charge in [0.2, 0.25) is 0 Å². The summed E-state index contributed by atoms with van der Waals surface area (Å²) in [5.41, 5.74) is 1.38. The molecule has 0 spiro atoms. The van der Waals surface area contributed by atoms with E-state index in [2.05, 4.69) is 60.9 Å². The average Bonchev–Trinajstić information content (AvgIpc) is 2.85. The van der Waals surface area contributed by atoms with Crippen LogP contribution in [-0.2, 0) is 0 Å². The Morgan fingerprint density at radius 2 is 2.21 bits per heavy atom. The molecule has 2 heterocycles. The Hall–Kier alpha value is -1.09. The molecule has 0 unspecified atom stereocenters. The molecule has 0 bridgehead atoms. The summed E-state index contributed by atoms with van der Waals surface area (Å²) in [7, 11) is 2.09. The number of hydrogen-bond acceptors (Lipinski definition) is 3. The fourth-order valence-electron chi connectivity index (χ4n) is 2.87. The van der Waals surface area contributed by atoms with Crippen molar-refractivity contribution in [1.82, 2.24) is 9.88 Å². The second kappa shape index (κ2) is 6.38. The Kier molecular flexibility index (Phi) is 4.81. The number of rotatable bonds is 5. The quantitative estimate of drug-likeness (QED) is 0.810. The highest BCUT2D eigenvalue weighted by molar-refractivity contribution is 5.38. The normalized spacial score (nSPS) is 20.2. The monoisotopic (exact) mass is 261 g/mol. The molecule has 3 heteroatoms. The van der Waals surface area contributed by atoms with Gasteiger partial charge in [-0.1, -0.05) is 19.9 Å². The molecular weight excluding hydrogens is 234 g/mol. The van der Waals surface area contributed by atoms with Crippen LogP contribution in [0.15, 0.2) is 18.3 Å². The zero-order valence-corrected chi connectivity index (χ0v) is 12.8. The maximum atomic E-state index is 4.61. The predicted octanol–water partition coefficient (Wildman–Crippen LogP) is 3.33. The van der Waals surface area contributed by atoms with Gasteiger partial charge in [-0.25, -0.2) is 4.98 Å². The Labute approximate surface area is 117 Å². The minimum atomic E-state index is 0.580. The lowest BCUT2D eigenvalue weighted by Crippen LogP contribution is -2.27. The van der Waals surface area contributed by atoms with E-state index in [0.29, 0.717) is 6.04 Å². The Bertz CT molecular complexity index is 385. The van der Waals surface area contributed by atoms with Gasteiger partial charge in [0, 0.05) is 32.4 Å². The molecule has 1 aromatic rings. The number of aromatic nitrogens is 1. The number of nitrogens with zero attached hydrogens (tertiary/aromatic N) is 3. The standard InChI is InChI=1S/C16H27N3/c1-5-18(4)16-9-8-14(11-17-16)15-7-6-10-19(15)12-13(2)3/h8-9,11,13,15H,5-7,10,12H2,1-4H3/t15-/m0/s1. The highest BCUT2D eigenvalue weighted by Gasteiger charge is 2.26. The van der Waals surface area contributed by atoms with Gasteiger partial charge < -0.3 is 4.90 Å². The van der Waals surface area contributed by atoms with Crippen molar-refractivity contribution in [2.24, 2.45) is 5.92 Å². The molecule has 19 heavy (non-hydrogen) atoms. The highest BCUT2D eigenvalue weighted by Crippen LogP contribution is 2.32. The SMILES string of the molecule is CCN(C)c1ccc([C@@H]2CCCN2CC(C)C)cn1. The molecule has 1 aliphatic heterocycles. The van der Waals surface area contributed by atoms with E-state index in [-0.39, 0.29) is 0 Å². The minimum absolute atomic E-state index is 0.580. The van der Waals surface area contributed by atoms with E-state index < -0.39 is 0 Å². The first-order valence-electron chi connectivity index (χ1n) is 7.53. The minimum Gasteiger partial charge on any atom is -0.360 e. The van der Waals surface area contributed by atoms with Crippen molar-refractivity contribution in [3.8, 4) is 0 Å². The van der Waals surface area contributed by atoms with Crippen LogP contribution in [0.2, 0.25) is 0 Å². The summed E-state index contributed by atoms with van der Waals surface area (Å²) < 4.78 is 0. The van der Waals surface area contributed by atoms with E-state index >= 15 is 0 Å². The van der Waals surface area contributed by atoms with Crippen LogP contribution in [0.4, 0.5) is 5.82 Å². The van der Waals surface area contributed by atoms with Gasteiger partial charge in [0.1, 0.15) is 5.82 Å². The van der Waals surface area contributed by atoms with Crippen molar-refractivity contribution in [2.75, 3.05) is 31.6 Å². The summed E-state index contributed by atoms with van der Waals surface area (Å²) in [5.74, 6) is 1.80. The zero-order valence-electron chi connectivity index (χ0n) is 12.8. The number of hydrogen-bond donors (Lipinski definition) is 0. The van der Waals surface area contributed by atoms with Gasteiger partial charge >= 0.3 is 0 Å². The number of anilines is 1. The fourth-order valence-corrected chi connectivity index (χ4v) is 2.87. The lowest BCUT2D eigenvalue weighted by molar-refractivity contribution is 0.228. The summed E-state index contributed by atoms with van der Waals surface area (Å²) in [6, 6.07) is 5.00. The smallest absolute Gasteiger partial charge is 0.128 e. The second-order valence-corrected chi connectivity index (χ2v) is 6.01. The Morgan fingerprint density at radius 3 is 2.79 bits per heavy atom. The van der Waals surface area contributed by atoms with Crippen molar-refractivity contribution in [3.05, 3.63) is 23.9 Å². The van der Waals surface area contributed by atoms with Gasteiger partial charge in [-0.2, -0.15) is 0 Å². The molecule has 1 aliphatic rings. The number of pyridine rings is 1. The third kappa shape index (κ3) is 3.47. The van der Waals surface area contributed by atoms with Gasteiger partial charge in [0.05, 0.1) is 0 Å². The van der Waals surface area contributed by atoms with Gasteiger partial charge in [0.15, 0.2) is 0 Å². The van der Waals surface area contributed by atoms with Gasteiger partial charge in [0.25, 0.3) is 0 Å². The van der Waals surface area contributed by atoms with Gasteiger partial charge in [-0.3, -0.25) is 4.90 Å². The molecule has 1 fully saturated rings. The van der Waals surface area contributed by atoms with E-state index in [1.54, 1.807) is 0 Å². The van der Waals surface area contributed by atoms with E-state index in [0.717, 1.165) is 18.3 Å². The molecule has 1 aromatic heterocycles. The summed E-state index contributed by atoms with van der Waals surface area (Å²) in [6.45, 7) is 10.2. The molecule has 2 rings (SSSR count). The summed E-state index contributed by atoms with van der Waals surface area (Å²) in [4.78, 5) is 9.39. The predicted molar refractivity (Wildman–Crippen MR) is 81.6 cm³/mol. The van der Waals surface area contributed by atoms with Gasteiger partial charge in [-0.05, 0) is 43.9 Å². The molecule has 3 nitrogen and oxygen atoms in total. The average molecular weight is 261 g/mol. The molecular formula is C16H27N3. The number of likely N-dealkylation sites (tertiary alicyclic amines) is 1. The van der Waals surface area contributed by atoms with E-state index in [1.165, 1.54) is 31.5 Å². The van der Waals surface area contributed by atoms with E-state index in [4.69, 9.17) is 0 Å². The molecule has 106 valence electrons. The van der Waals surface area contributed by atoms with Crippen molar-refractivity contribution >= 4 is 5.82 Å². The van der Waals surface area contributed by atoms with Crippen molar-refractivity contribution < 1.29 is 0 Å². The molecule has 0 radical (unpaired) electrons. The van der Waals surface area contributed by atoms with E-state index in [1.807, 2.05) is 0 Å². The topological polar surface area (TPSA) is 19.4 Å². The fraction of sp³-hybridized carbons (Fsp3) is 0.688. The molecule has 1 atom stereocenters. The zero-order chi connectivity index (χ0) is 13.8. The van der Waals surface area contributed by atoms with Crippen LogP contribution < -0.4 is 4.90 Å². The van der Waals surface area contributed by atoms with Crippen LogP contribution in [0, 0.1) is 5.92 Å². The molecule has 0 saturated carbocycles. The second-order valence-electron chi connectivity index (χ2n) is 6.01. The highest BCUT2D eigenvalue weighted by atomic mass is 15.2. The lowest BCUT2D eigenvalue weighted by Gasteiger charge is -2.26. The molecule has 0 aliphatic carbocycles. The Morgan fingerprint density at radius 1 is 1.42 bits per heavy atom. The first-order valence-corrected chi connectivity index (χ1v) is 7.53. The van der Waals surface area contributed by atoms with Crippen LogP contribution in [0.25, 0.3) is 0 Å². The van der Waals surface area contributed by atoms with Crippen molar-refractivity contribution in [1.29, 1.82) is 0 Å². The largest absolute Gasteiger partial charge is 0.360 e. The van der Waals surface area contributed by atoms with Crippen LogP contribution >= 0.6 is 0 Å². The third-order valence-electron chi connectivity index (χ3n) is 3.98. The summed E-state index contributed by atoms with van der Waals surface area (Å²) in [5, 5.41) is 0. The first-order chi connectivity index (χ1) is 9.11. The maximum Gasteiger partial charge on any atom is 0.128 e. The molecule has 0 amide bonds. The van der Waals surface area contributed by atoms with Crippen LogP contribution in [0.5, 0.6) is 0 Å². The maximum absolute atomic E-state index is 4.61. The Balaban J connectivity index is 2.08. The molecule has 0 aromatic carbocycles. The van der Waals surface area contributed by atoms with Crippen LogP contribution in [0.1, 0.15) is 45.2 Å². The lowest BCUT2D eigenvalue weighted by atomic mass is 10.1. The first kappa shape index (κ1) is 14.3. The van der Waals surface area contributed by atoms with Crippen LogP contribution in [0.3, 0.4) is 0 Å². The van der Waals surface area contributed by atoms with Crippen molar-refractivity contribution in [2.45, 2.75) is 39.7 Å². The molecule has 0 N–H and O–H groups in total. The van der Waals surface area contributed by atoms with E-state index in [9.17, 15) is 0 Å². The summed E-state index contributed by atoms with van der Waals surface area (Å²) >= 11 is 0. The summed E-state index contributed by atoms with van der Waals surface area (Å²) in [6.07, 6.45) is 4.66. The van der Waals surface area contributed by atoms with Gasteiger partial charge in [-0.15, -0.1) is 0 Å².